The molecular weight excluding hydrogens is 268 g/mol. The van der Waals surface area contributed by atoms with Gasteiger partial charge in [-0.1, -0.05) is 11.6 Å². The molecule has 0 saturated carbocycles. The molecule has 1 aliphatic rings. The Bertz CT molecular complexity index is 517. The highest BCUT2D eigenvalue weighted by molar-refractivity contribution is 6.30. The second-order valence-electron chi connectivity index (χ2n) is 4.57. The lowest BCUT2D eigenvalue weighted by atomic mass is 10.1. The summed E-state index contributed by atoms with van der Waals surface area (Å²) in [5.74, 6) is 0.220. The van der Waals surface area contributed by atoms with Crippen LogP contribution in [0.25, 0.3) is 0 Å². The highest BCUT2D eigenvalue weighted by atomic mass is 35.5. The molecule has 19 heavy (non-hydrogen) atoms. The van der Waals surface area contributed by atoms with Crippen molar-refractivity contribution < 1.29 is 14.3 Å². The van der Waals surface area contributed by atoms with Gasteiger partial charge in [-0.05, 0) is 23.8 Å². The van der Waals surface area contributed by atoms with Crippen molar-refractivity contribution in [3.05, 3.63) is 28.8 Å². The van der Waals surface area contributed by atoms with Crippen LogP contribution in [0.4, 0.5) is 0 Å². The number of halogens is 1. The summed E-state index contributed by atoms with van der Waals surface area (Å²) in [7, 11) is 3.27. The lowest BCUT2D eigenvalue weighted by molar-refractivity contribution is -0.133. The van der Waals surface area contributed by atoms with Crippen LogP contribution in [0.3, 0.4) is 0 Å². The van der Waals surface area contributed by atoms with Crippen molar-refractivity contribution in [2.75, 3.05) is 20.6 Å². The Morgan fingerprint density at radius 2 is 2.21 bits per heavy atom. The molecule has 0 bridgehead atoms. The van der Waals surface area contributed by atoms with Gasteiger partial charge in [0.25, 0.3) is 5.91 Å². The van der Waals surface area contributed by atoms with Gasteiger partial charge in [0, 0.05) is 25.5 Å². The summed E-state index contributed by atoms with van der Waals surface area (Å²) >= 11 is 5.88. The molecule has 1 N–H and O–H groups in total. The number of likely N-dealkylation sites (N-methyl/N-ethyl adjacent to an activating group) is 1. The van der Waals surface area contributed by atoms with Crippen LogP contribution in [0.5, 0.6) is 5.75 Å². The van der Waals surface area contributed by atoms with E-state index < -0.39 is 6.10 Å². The molecule has 0 fully saturated rings. The van der Waals surface area contributed by atoms with Gasteiger partial charge in [0.15, 0.2) is 6.10 Å². The van der Waals surface area contributed by atoms with Crippen molar-refractivity contribution in [3.8, 4) is 5.75 Å². The minimum Gasteiger partial charge on any atom is -0.480 e. The van der Waals surface area contributed by atoms with E-state index in [9.17, 15) is 9.59 Å². The van der Waals surface area contributed by atoms with Crippen LogP contribution in [0.15, 0.2) is 18.2 Å². The lowest BCUT2D eigenvalue weighted by Gasteiger charge is -2.13. The van der Waals surface area contributed by atoms with Gasteiger partial charge in [0.05, 0.1) is 6.54 Å². The second-order valence-corrected chi connectivity index (χ2v) is 5.01. The first-order valence-electron chi connectivity index (χ1n) is 5.90. The Hall–Kier alpha value is -1.75. The molecule has 0 saturated heterocycles. The van der Waals surface area contributed by atoms with Gasteiger partial charge in [0.1, 0.15) is 5.75 Å². The number of carbonyl (C=O) groups is 2. The number of ether oxygens (including phenoxy) is 1. The molecule has 1 heterocycles. The number of rotatable bonds is 3. The largest absolute Gasteiger partial charge is 0.480 e. The lowest BCUT2D eigenvalue weighted by Crippen LogP contribution is -2.42. The first-order chi connectivity index (χ1) is 8.97. The Morgan fingerprint density at radius 3 is 2.89 bits per heavy atom. The molecule has 0 unspecified atom stereocenters. The quantitative estimate of drug-likeness (QED) is 0.894. The van der Waals surface area contributed by atoms with Crippen molar-refractivity contribution in [3.63, 3.8) is 0 Å². The van der Waals surface area contributed by atoms with Crippen molar-refractivity contribution in [1.82, 2.24) is 10.2 Å². The Labute approximate surface area is 116 Å². The molecule has 5 nitrogen and oxygen atoms in total. The number of carbonyl (C=O) groups excluding carboxylic acids is 2. The molecule has 0 aromatic heterocycles. The van der Waals surface area contributed by atoms with Crippen LogP contribution in [0.1, 0.15) is 5.56 Å². The highest BCUT2D eigenvalue weighted by Crippen LogP contribution is 2.30. The number of amides is 2. The third-order valence-electron chi connectivity index (χ3n) is 2.90. The first-order valence-corrected chi connectivity index (χ1v) is 6.28. The van der Waals surface area contributed by atoms with E-state index >= 15 is 0 Å². The molecule has 2 amide bonds. The summed E-state index contributed by atoms with van der Waals surface area (Å²) in [6, 6.07) is 5.25. The average Bonchev–Trinajstić information content (AvgIpc) is 2.78. The van der Waals surface area contributed by atoms with E-state index in [2.05, 4.69) is 5.32 Å². The van der Waals surface area contributed by atoms with E-state index in [4.69, 9.17) is 16.3 Å². The van der Waals surface area contributed by atoms with E-state index in [1.165, 1.54) is 4.90 Å². The molecule has 1 aliphatic heterocycles. The summed E-state index contributed by atoms with van der Waals surface area (Å²) in [4.78, 5) is 24.7. The molecule has 0 aliphatic carbocycles. The molecule has 102 valence electrons. The minimum absolute atomic E-state index is 0.0250. The maximum atomic E-state index is 11.9. The maximum Gasteiger partial charge on any atom is 0.261 e. The Morgan fingerprint density at radius 1 is 1.47 bits per heavy atom. The van der Waals surface area contributed by atoms with Gasteiger partial charge in [0.2, 0.25) is 5.91 Å². The van der Waals surface area contributed by atoms with E-state index in [0.29, 0.717) is 17.2 Å². The second kappa shape index (κ2) is 5.48. The van der Waals surface area contributed by atoms with Gasteiger partial charge in [-0.3, -0.25) is 9.59 Å². The van der Waals surface area contributed by atoms with Crippen molar-refractivity contribution >= 4 is 23.4 Å². The number of hydrogen-bond donors (Lipinski definition) is 1. The van der Waals surface area contributed by atoms with Crippen molar-refractivity contribution in [2.45, 2.75) is 12.5 Å². The molecule has 1 aromatic rings. The van der Waals surface area contributed by atoms with Gasteiger partial charge in [-0.25, -0.2) is 0 Å². The fraction of sp³-hybridized carbons (Fsp3) is 0.385. The Kier molecular flexibility index (Phi) is 3.95. The monoisotopic (exact) mass is 282 g/mol. The van der Waals surface area contributed by atoms with Crippen LogP contribution in [0, 0.1) is 0 Å². The zero-order chi connectivity index (χ0) is 14.0. The maximum absolute atomic E-state index is 11.9. The van der Waals surface area contributed by atoms with Gasteiger partial charge in [-0.2, -0.15) is 0 Å². The number of nitrogens with zero attached hydrogens (tertiary/aromatic N) is 1. The predicted molar refractivity (Wildman–Crippen MR) is 71.3 cm³/mol. The SMILES string of the molecule is CN(C)C(=O)CNC(=O)[C@@H]1Cc2cc(Cl)ccc2O1. The number of benzene rings is 1. The average molecular weight is 283 g/mol. The summed E-state index contributed by atoms with van der Waals surface area (Å²) in [6.07, 6.45) is -0.124. The minimum atomic E-state index is -0.594. The normalized spacial score (nSPS) is 16.5. The fourth-order valence-corrected chi connectivity index (χ4v) is 1.99. The number of hydrogen-bond acceptors (Lipinski definition) is 3. The standard InChI is InChI=1S/C13H15ClN2O3/c1-16(2)12(17)7-15-13(18)11-6-8-5-9(14)3-4-10(8)19-11/h3-5,11H,6-7H2,1-2H3,(H,15,18)/t11-/m0/s1. The van der Waals surface area contributed by atoms with Crippen molar-refractivity contribution in [1.29, 1.82) is 0 Å². The highest BCUT2D eigenvalue weighted by Gasteiger charge is 2.29. The van der Waals surface area contributed by atoms with Crippen LogP contribution in [-0.2, 0) is 16.0 Å². The predicted octanol–water partition coefficient (Wildman–Crippen LogP) is 0.848. The molecule has 0 radical (unpaired) electrons. The van der Waals surface area contributed by atoms with Gasteiger partial charge >= 0.3 is 0 Å². The van der Waals surface area contributed by atoms with E-state index in [-0.39, 0.29) is 18.4 Å². The van der Waals surface area contributed by atoms with E-state index in [1.54, 1.807) is 32.3 Å². The zero-order valence-corrected chi connectivity index (χ0v) is 11.5. The summed E-state index contributed by atoms with van der Waals surface area (Å²) < 4.78 is 5.52. The third-order valence-corrected chi connectivity index (χ3v) is 3.14. The summed E-state index contributed by atoms with van der Waals surface area (Å²) in [6.45, 7) is -0.0250. The summed E-state index contributed by atoms with van der Waals surface area (Å²) in [5.41, 5.74) is 0.909. The molecule has 2 rings (SSSR count). The Balaban J connectivity index is 1.92. The third kappa shape index (κ3) is 3.17. The van der Waals surface area contributed by atoms with Crippen LogP contribution >= 0.6 is 11.6 Å². The molecule has 1 atom stereocenters. The van der Waals surface area contributed by atoms with Gasteiger partial charge in [-0.15, -0.1) is 0 Å². The zero-order valence-electron chi connectivity index (χ0n) is 10.8. The van der Waals surface area contributed by atoms with E-state index in [0.717, 1.165) is 5.56 Å². The molecule has 0 spiro atoms. The molecule has 6 heteroatoms. The fourth-order valence-electron chi connectivity index (χ4n) is 1.80. The summed E-state index contributed by atoms with van der Waals surface area (Å²) in [5, 5.41) is 3.18. The topological polar surface area (TPSA) is 58.6 Å². The first kappa shape index (κ1) is 13.7. The molecule has 1 aromatic carbocycles. The number of nitrogens with one attached hydrogen (secondary N) is 1. The van der Waals surface area contributed by atoms with Crippen LogP contribution in [0.2, 0.25) is 5.02 Å². The van der Waals surface area contributed by atoms with Crippen molar-refractivity contribution in [2.24, 2.45) is 0 Å². The molecular formula is C13H15ClN2O3. The van der Waals surface area contributed by atoms with Crippen LogP contribution in [-0.4, -0.2) is 43.5 Å². The smallest absolute Gasteiger partial charge is 0.261 e. The van der Waals surface area contributed by atoms with E-state index in [1.807, 2.05) is 0 Å². The number of fused-ring (bicyclic) bond motifs is 1. The van der Waals surface area contributed by atoms with Gasteiger partial charge < -0.3 is 15.0 Å². The van der Waals surface area contributed by atoms with Crippen LogP contribution < -0.4 is 10.1 Å².